The van der Waals surface area contributed by atoms with E-state index >= 15 is 0 Å². The Kier molecular flexibility index (Phi) is 7.95. The number of nitrogens with zero attached hydrogens (tertiary/aromatic N) is 2. The summed E-state index contributed by atoms with van der Waals surface area (Å²) in [6.45, 7) is 4.27. The van der Waals surface area contributed by atoms with Crippen molar-refractivity contribution in [3.05, 3.63) is 68.4 Å². The zero-order chi connectivity index (χ0) is 25.7. The molecule has 0 radical (unpaired) electrons. The summed E-state index contributed by atoms with van der Waals surface area (Å²) in [5.41, 5.74) is 5.44. The largest absolute Gasteiger partial charge is 0.493 e. The van der Waals surface area contributed by atoms with Crippen molar-refractivity contribution in [3.8, 4) is 11.5 Å². The number of hydrogen-bond donors (Lipinski definition) is 2. The molecule has 1 heterocycles. The fourth-order valence-corrected chi connectivity index (χ4v) is 3.71. The molecule has 0 saturated heterocycles. The Morgan fingerprint density at radius 3 is 2.20 bits per heavy atom. The van der Waals surface area contributed by atoms with E-state index in [0.717, 1.165) is 15.6 Å². The minimum atomic E-state index is -0.735. The SMILES string of the molecule is COc1cc2c(=O)n(Cc3ccc(C(=O)NCCC(C)C)cc3)c(=O)n(CC(N)=O)c2cc1OC. The Morgan fingerprint density at radius 2 is 1.63 bits per heavy atom. The van der Waals surface area contributed by atoms with Crippen LogP contribution in [0.4, 0.5) is 0 Å². The van der Waals surface area contributed by atoms with Crippen LogP contribution in [0.15, 0.2) is 46.0 Å². The predicted molar refractivity (Wildman–Crippen MR) is 132 cm³/mol. The minimum Gasteiger partial charge on any atom is -0.493 e. The lowest BCUT2D eigenvalue weighted by molar-refractivity contribution is -0.118. The second-order valence-corrected chi connectivity index (χ2v) is 8.59. The van der Waals surface area contributed by atoms with Gasteiger partial charge in [0.25, 0.3) is 11.5 Å². The summed E-state index contributed by atoms with van der Waals surface area (Å²) in [6, 6.07) is 9.58. The summed E-state index contributed by atoms with van der Waals surface area (Å²) in [6.07, 6.45) is 0.878. The van der Waals surface area contributed by atoms with Crippen LogP contribution in [-0.4, -0.2) is 41.7 Å². The number of amides is 2. The molecule has 0 atom stereocenters. The minimum absolute atomic E-state index is 0.0596. The van der Waals surface area contributed by atoms with Gasteiger partial charge in [-0.1, -0.05) is 26.0 Å². The summed E-state index contributed by atoms with van der Waals surface area (Å²) in [7, 11) is 2.86. The van der Waals surface area contributed by atoms with Crippen molar-refractivity contribution in [2.75, 3.05) is 20.8 Å². The highest BCUT2D eigenvalue weighted by molar-refractivity contribution is 5.94. The molecule has 3 aromatic rings. The van der Waals surface area contributed by atoms with Gasteiger partial charge in [0.2, 0.25) is 5.91 Å². The monoisotopic (exact) mass is 482 g/mol. The second-order valence-electron chi connectivity index (χ2n) is 8.59. The van der Waals surface area contributed by atoms with Gasteiger partial charge in [-0.25, -0.2) is 4.79 Å². The number of ether oxygens (including phenoxy) is 2. The van der Waals surface area contributed by atoms with E-state index in [1.54, 1.807) is 24.3 Å². The van der Waals surface area contributed by atoms with Gasteiger partial charge >= 0.3 is 5.69 Å². The smallest absolute Gasteiger partial charge is 0.332 e. The molecule has 2 aromatic carbocycles. The first-order valence-corrected chi connectivity index (χ1v) is 11.2. The molecule has 0 unspecified atom stereocenters. The average Bonchev–Trinajstić information content (AvgIpc) is 2.83. The van der Waals surface area contributed by atoms with Crippen LogP contribution in [0.5, 0.6) is 11.5 Å². The highest BCUT2D eigenvalue weighted by Gasteiger charge is 2.18. The third-order valence-corrected chi connectivity index (χ3v) is 5.61. The molecule has 3 rings (SSSR count). The number of hydrogen-bond acceptors (Lipinski definition) is 6. The number of primary amides is 1. The van der Waals surface area contributed by atoms with E-state index in [4.69, 9.17) is 15.2 Å². The van der Waals surface area contributed by atoms with Crippen molar-refractivity contribution in [1.82, 2.24) is 14.5 Å². The molecular weight excluding hydrogens is 452 g/mol. The Hall–Kier alpha value is -4.08. The third-order valence-electron chi connectivity index (χ3n) is 5.61. The first kappa shape index (κ1) is 25.5. The van der Waals surface area contributed by atoms with Crippen molar-refractivity contribution in [2.45, 2.75) is 33.4 Å². The third kappa shape index (κ3) is 5.71. The Bertz CT molecular complexity index is 1360. The van der Waals surface area contributed by atoms with Gasteiger partial charge in [0.1, 0.15) is 6.54 Å². The second kappa shape index (κ2) is 10.9. The molecule has 0 fully saturated rings. The van der Waals surface area contributed by atoms with E-state index in [1.807, 2.05) is 0 Å². The number of methoxy groups -OCH3 is 2. The van der Waals surface area contributed by atoms with Crippen molar-refractivity contribution in [3.63, 3.8) is 0 Å². The number of carbonyl (C=O) groups is 2. The van der Waals surface area contributed by atoms with E-state index in [2.05, 4.69) is 19.2 Å². The van der Waals surface area contributed by atoms with E-state index in [9.17, 15) is 19.2 Å². The number of nitrogens with two attached hydrogens (primary N) is 1. The Balaban J connectivity index is 2.01. The molecule has 0 aliphatic carbocycles. The maximum atomic E-state index is 13.3. The Labute approximate surface area is 202 Å². The van der Waals surface area contributed by atoms with Crippen molar-refractivity contribution in [1.29, 1.82) is 0 Å². The summed E-state index contributed by atoms with van der Waals surface area (Å²) < 4.78 is 12.7. The molecule has 1 aromatic heterocycles. The van der Waals surface area contributed by atoms with Crippen LogP contribution in [-0.2, 0) is 17.9 Å². The molecule has 0 aliphatic rings. The summed E-state index contributed by atoms with van der Waals surface area (Å²) >= 11 is 0. The zero-order valence-corrected chi connectivity index (χ0v) is 20.3. The summed E-state index contributed by atoms with van der Waals surface area (Å²) in [5, 5.41) is 3.04. The van der Waals surface area contributed by atoms with Gasteiger partial charge in [0, 0.05) is 18.2 Å². The molecule has 0 aliphatic heterocycles. The number of fused-ring (bicyclic) bond motifs is 1. The lowest BCUT2D eigenvalue weighted by Gasteiger charge is -2.16. The van der Waals surface area contributed by atoms with Crippen LogP contribution < -0.4 is 31.8 Å². The molecule has 2 amide bonds. The van der Waals surface area contributed by atoms with Crippen molar-refractivity contribution >= 4 is 22.7 Å². The lowest BCUT2D eigenvalue weighted by atomic mass is 10.1. The molecular formula is C25H30N4O6. The zero-order valence-electron chi connectivity index (χ0n) is 20.3. The molecule has 3 N–H and O–H groups in total. The van der Waals surface area contributed by atoms with Crippen LogP contribution in [0.2, 0.25) is 0 Å². The average molecular weight is 483 g/mol. The molecule has 10 nitrogen and oxygen atoms in total. The summed E-state index contributed by atoms with van der Waals surface area (Å²) in [4.78, 5) is 50.5. The topological polar surface area (TPSA) is 135 Å². The fourth-order valence-electron chi connectivity index (χ4n) is 3.71. The number of aromatic nitrogens is 2. The first-order chi connectivity index (χ1) is 16.7. The van der Waals surface area contributed by atoms with Gasteiger partial charge in [-0.05, 0) is 36.1 Å². The number of nitrogens with one attached hydrogen (secondary N) is 1. The number of rotatable bonds is 10. The number of benzene rings is 2. The predicted octanol–water partition coefficient (Wildman–Crippen LogP) is 1.49. The van der Waals surface area contributed by atoms with Crippen LogP contribution in [0, 0.1) is 5.92 Å². The highest BCUT2D eigenvalue weighted by atomic mass is 16.5. The molecule has 186 valence electrons. The van der Waals surface area contributed by atoms with Gasteiger partial charge in [-0.2, -0.15) is 0 Å². The number of carbonyl (C=O) groups excluding carboxylic acids is 2. The van der Waals surface area contributed by atoms with Gasteiger partial charge in [0.05, 0.1) is 31.7 Å². The van der Waals surface area contributed by atoms with E-state index in [0.29, 0.717) is 35.1 Å². The maximum absolute atomic E-state index is 13.3. The first-order valence-electron chi connectivity index (χ1n) is 11.2. The fraction of sp³-hybridized carbons (Fsp3) is 0.360. The van der Waals surface area contributed by atoms with Gasteiger partial charge in [0.15, 0.2) is 11.5 Å². The van der Waals surface area contributed by atoms with Crippen LogP contribution in [0.3, 0.4) is 0 Å². The summed E-state index contributed by atoms with van der Waals surface area (Å²) in [5.74, 6) is 0.168. The quantitative estimate of drug-likeness (QED) is 0.450. The molecule has 0 spiro atoms. The van der Waals surface area contributed by atoms with Crippen LogP contribution >= 0.6 is 0 Å². The van der Waals surface area contributed by atoms with E-state index in [-0.39, 0.29) is 23.4 Å². The van der Waals surface area contributed by atoms with Crippen LogP contribution in [0.25, 0.3) is 10.9 Å². The Morgan fingerprint density at radius 1 is 1.00 bits per heavy atom. The van der Waals surface area contributed by atoms with Crippen molar-refractivity contribution in [2.24, 2.45) is 11.7 Å². The highest BCUT2D eigenvalue weighted by Crippen LogP contribution is 2.30. The van der Waals surface area contributed by atoms with E-state index < -0.39 is 23.7 Å². The van der Waals surface area contributed by atoms with Gasteiger partial charge in [-0.3, -0.25) is 23.5 Å². The van der Waals surface area contributed by atoms with Gasteiger partial charge < -0.3 is 20.5 Å². The van der Waals surface area contributed by atoms with E-state index in [1.165, 1.54) is 26.4 Å². The lowest BCUT2D eigenvalue weighted by Crippen LogP contribution is -2.42. The standard InChI is InChI=1S/C25H30N4O6/c1-15(2)9-10-27-23(31)17-7-5-16(6-8-17)13-29-24(32)18-11-20(34-3)21(35-4)12-19(18)28(25(29)33)14-22(26)30/h5-8,11-12,15H,9-10,13-14H2,1-4H3,(H2,26,30)(H,27,31). The molecule has 0 bridgehead atoms. The van der Waals surface area contributed by atoms with Gasteiger partial charge in [-0.15, -0.1) is 0 Å². The maximum Gasteiger partial charge on any atom is 0.332 e. The molecule has 10 heteroatoms. The molecule has 35 heavy (non-hydrogen) atoms. The normalized spacial score (nSPS) is 11.0. The molecule has 0 saturated carbocycles. The van der Waals surface area contributed by atoms with Crippen LogP contribution in [0.1, 0.15) is 36.2 Å². The van der Waals surface area contributed by atoms with Crippen molar-refractivity contribution < 1.29 is 19.1 Å².